The summed E-state index contributed by atoms with van der Waals surface area (Å²) in [5.74, 6) is 0.672. The van der Waals surface area contributed by atoms with E-state index in [4.69, 9.17) is 0 Å². The first-order valence-corrected chi connectivity index (χ1v) is 12.3. The van der Waals surface area contributed by atoms with Gasteiger partial charge in [-0.25, -0.2) is 0 Å². The van der Waals surface area contributed by atoms with Gasteiger partial charge in [-0.1, -0.05) is 84.9 Å². The number of likely N-dealkylation sites (tertiary alicyclic amines) is 1. The molecule has 4 heteroatoms. The molecule has 0 aliphatic carbocycles. The molecule has 0 spiro atoms. The highest BCUT2D eigenvalue weighted by Gasteiger charge is 2.25. The van der Waals surface area contributed by atoms with Crippen LogP contribution in [0.2, 0.25) is 0 Å². The van der Waals surface area contributed by atoms with E-state index in [0.717, 1.165) is 43.7 Å². The Bertz CT molecular complexity index is 1220. The minimum atomic E-state index is 0. The number of piperidine rings is 1. The van der Waals surface area contributed by atoms with E-state index in [1.54, 1.807) is 0 Å². The minimum Gasteiger partial charge on any atom is -0.308 e. The Balaban J connectivity index is 0.00000289. The molecular weight excluding hydrogens is 452 g/mol. The number of halogens is 1. The lowest BCUT2D eigenvalue weighted by Gasteiger charge is -2.33. The highest BCUT2D eigenvalue weighted by molar-refractivity contribution is 5.93. The standard InChI is InChI=1S/C31H32N2O.ClH/c34-31(33(30-13-5-2-6-14-30)24-26-9-3-1-4-10-26)22-25-17-19-32(20-18-25)23-27-15-16-28-11-7-8-12-29(28)21-27;/h1-16,21,25H,17-20,22-24H2;1H. The zero-order valence-electron chi connectivity index (χ0n) is 20.1. The van der Waals surface area contributed by atoms with Crippen molar-refractivity contribution in [3.63, 3.8) is 0 Å². The van der Waals surface area contributed by atoms with Crippen LogP contribution in [0.25, 0.3) is 10.8 Å². The summed E-state index contributed by atoms with van der Waals surface area (Å²) in [5.41, 5.74) is 3.50. The number of anilines is 1. The SMILES string of the molecule is Cl.O=C(CC1CCN(Cc2ccc3ccccc3c2)CC1)N(Cc1ccccc1)c1ccccc1. The summed E-state index contributed by atoms with van der Waals surface area (Å²) < 4.78 is 0. The zero-order valence-corrected chi connectivity index (χ0v) is 20.9. The van der Waals surface area contributed by atoms with Gasteiger partial charge in [0.1, 0.15) is 0 Å². The fraction of sp³-hybridized carbons (Fsp3) is 0.258. The van der Waals surface area contributed by atoms with Gasteiger partial charge in [0.05, 0.1) is 6.54 Å². The first kappa shape index (κ1) is 25.0. The second kappa shape index (κ2) is 12.0. The summed E-state index contributed by atoms with van der Waals surface area (Å²) in [6.45, 7) is 3.70. The molecule has 1 fully saturated rings. The summed E-state index contributed by atoms with van der Waals surface area (Å²) in [6.07, 6.45) is 2.77. The lowest BCUT2D eigenvalue weighted by atomic mass is 9.92. The number of rotatable bonds is 7. The van der Waals surface area contributed by atoms with Gasteiger partial charge in [-0.05, 0) is 71.9 Å². The molecule has 1 saturated heterocycles. The summed E-state index contributed by atoms with van der Waals surface area (Å²) in [6, 6.07) is 35.7. The Morgan fingerprint density at radius 3 is 2.09 bits per heavy atom. The number of fused-ring (bicyclic) bond motifs is 1. The molecule has 0 radical (unpaired) electrons. The highest BCUT2D eigenvalue weighted by Crippen LogP contribution is 2.26. The maximum Gasteiger partial charge on any atom is 0.227 e. The average Bonchev–Trinajstić information content (AvgIpc) is 2.89. The van der Waals surface area contributed by atoms with Crippen LogP contribution in [0, 0.1) is 5.92 Å². The lowest BCUT2D eigenvalue weighted by molar-refractivity contribution is -0.120. The Morgan fingerprint density at radius 2 is 1.37 bits per heavy atom. The summed E-state index contributed by atoms with van der Waals surface area (Å²) >= 11 is 0. The summed E-state index contributed by atoms with van der Waals surface area (Å²) in [4.78, 5) is 17.9. The van der Waals surface area contributed by atoms with Gasteiger partial charge >= 0.3 is 0 Å². The van der Waals surface area contributed by atoms with Gasteiger partial charge in [0, 0.05) is 18.7 Å². The smallest absolute Gasteiger partial charge is 0.227 e. The van der Waals surface area contributed by atoms with Crippen LogP contribution in [-0.2, 0) is 17.9 Å². The number of carbonyl (C=O) groups is 1. The van der Waals surface area contributed by atoms with Crippen LogP contribution < -0.4 is 4.90 Å². The normalized spacial score (nSPS) is 14.4. The van der Waals surface area contributed by atoms with Gasteiger partial charge in [0.15, 0.2) is 0 Å². The molecular formula is C31H33ClN2O. The molecule has 0 aromatic heterocycles. The molecule has 1 heterocycles. The molecule has 0 unspecified atom stereocenters. The van der Waals surface area contributed by atoms with Crippen molar-refractivity contribution in [1.82, 2.24) is 4.90 Å². The molecule has 35 heavy (non-hydrogen) atoms. The molecule has 1 aliphatic rings. The van der Waals surface area contributed by atoms with Crippen molar-refractivity contribution >= 4 is 34.8 Å². The molecule has 0 bridgehead atoms. The van der Waals surface area contributed by atoms with Gasteiger partial charge in [0.2, 0.25) is 5.91 Å². The highest BCUT2D eigenvalue weighted by atomic mass is 35.5. The second-order valence-corrected chi connectivity index (χ2v) is 9.41. The van der Waals surface area contributed by atoms with Crippen LogP contribution in [0.15, 0.2) is 103 Å². The molecule has 1 amide bonds. The Hall–Kier alpha value is -3.14. The van der Waals surface area contributed by atoms with Crippen LogP contribution in [-0.4, -0.2) is 23.9 Å². The minimum absolute atomic E-state index is 0. The number of carbonyl (C=O) groups excluding carboxylic acids is 1. The molecule has 180 valence electrons. The third kappa shape index (κ3) is 6.50. The third-order valence-corrected chi connectivity index (χ3v) is 6.94. The van der Waals surface area contributed by atoms with E-state index >= 15 is 0 Å². The molecule has 0 N–H and O–H groups in total. The number of hydrogen-bond donors (Lipinski definition) is 0. The van der Waals surface area contributed by atoms with Crippen molar-refractivity contribution in [3.8, 4) is 0 Å². The van der Waals surface area contributed by atoms with E-state index in [1.807, 2.05) is 53.4 Å². The van der Waals surface area contributed by atoms with Crippen LogP contribution in [0.4, 0.5) is 5.69 Å². The number of benzene rings is 4. The summed E-state index contributed by atoms with van der Waals surface area (Å²) in [7, 11) is 0. The fourth-order valence-electron chi connectivity index (χ4n) is 5.00. The summed E-state index contributed by atoms with van der Waals surface area (Å²) in [5, 5.41) is 2.60. The predicted octanol–water partition coefficient (Wildman–Crippen LogP) is 7.10. The van der Waals surface area contributed by atoms with E-state index < -0.39 is 0 Å². The largest absolute Gasteiger partial charge is 0.308 e. The first-order valence-electron chi connectivity index (χ1n) is 12.3. The Morgan fingerprint density at radius 1 is 0.743 bits per heavy atom. The maximum absolute atomic E-state index is 13.4. The van der Waals surface area contributed by atoms with Gasteiger partial charge in [0.25, 0.3) is 0 Å². The van der Waals surface area contributed by atoms with E-state index in [-0.39, 0.29) is 18.3 Å². The van der Waals surface area contributed by atoms with Crippen LogP contribution in [0.1, 0.15) is 30.4 Å². The molecule has 4 aromatic rings. The van der Waals surface area contributed by atoms with E-state index in [9.17, 15) is 4.79 Å². The van der Waals surface area contributed by atoms with E-state index in [2.05, 4.69) is 59.5 Å². The number of hydrogen-bond acceptors (Lipinski definition) is 2. The van der Waals surface area contributed by atoms with E-state index in [0.29, 0.717) is 18.9 Å². The van der Waals surface area contributed by atoms with Crippen molar-refractivity contribution in [2.75, 3.05) is 18.0 Å². The monoisotopic (exact) mass is 484 g/mol. The average molecular weight is 485 g/mol. The van der Waals surface area contributed by atoms with Crippen molar-refractivity contribution in [2.45, 2.75) is 32.4 Å². The molecule has 0 atom stereocenters. The Labute approximate surface area is 214 Å². The van der Waals surface area contributed by atoms with Gasteiger partial charge in [-0.2, -0.15) is 0 Å². The number of nitrogens with zero attached hydrogens (tertiary/aromatic N) is 2. The number of para-hydroxylation sites is 1. The van der Waals surface area contributed by atoms with Crippen molar-refractivity contribution < 1.29 is 4.79 Å². The second-order valence-electron chi connectivity index (χ2n) is 9.41. The Kier molecular flexibility index (Phi) is 8.57. The van der Waals surface area contributed by atoms with Gasteiger partial charge in [-0.3, -0.25) is 9.69 Å². The maximum atomic E-state index is 13.4. The van der Waals surface area contributed by atoms with E-state index in [1.165, 1.54) is 16.3 Å². The lowest BCUT2D eigenvalue weighted by Crippen LogP contribution is -2.37. The molecule has 1 aliphatic heterocycles. The van der Waals surface area contributed by atoms with Crippen molar-refractivity contribution in [2.24, 2.45) is 5.92 Å². The van der Waals surface area contributed by atoms with Gasteiger partial charge in [-0.15, -0.1) is 12.4 Å². The fourth-order valence-corrected chi connectivity index (χ4v) is 5.00. The molecule has 5 rings (SSSR count). The van der Waals surface area contributed by atoms with Crippen LogP contribution in [0.3, 0.4) is 0 Å². The van der Waals surface area contributed by atoms with Crippen LogP contribution >= 0.6 is 12.4 Å². The van der Waals surface area contributed by atoms with Crippen molar-refractivity contribution in [1.29, 1.82) is 0 Å². The predicted molar refractivity (Wildman–Crippen MR) is 148 cm³/mol. The van der Waals surface area contributed by atoms with Gasteiger partial charge < -0.3 is 4.90 Å². The third-order valence-electron chi connectivity index (χ3n) is 6.94. The van der Waals surface area contributed by atoms with Crippen molar-refractivity contribution in [3.05, 3.63) is 114 Å². The van der Waals surface area contributed by atoms with Crippen LogP contribution in [0.5, 0.6) is 0 Å². The quantitative estimate of drug-likeness (QED) is 0.279. The number of amides is 1. The molecule has 3 nitrogen and oxygen atoms in total. The zero-order chi connectivity index (χ0) is 23.2. The topological polar surface area (TPSA) is 23.6 Å². The molecule has 0 saturated carbocycles. The first-order chi connectivity index (χ1) is 16.7. The molecule has 4 aromatic carbocycles.